The van der Waals surface area contributed by atoms with Gasteiger partial charge in [0.2, 0.25) is 0 Å². The van der Waals surface area contributed by atoms with Crippen LogP contribution in [-0.2, 0) is 16.8 Å². The monoisotopic (exact) mass is 490 g/mol. The highest BCUT2D eigenvalue weighted by atomic mass is 35.5. The zero-order valence-electron chi connectivity index (χ0n) is 17.7. The van der Waals surface area contributed by atoms with E-state index in [9.17, 15) is 14.0 Å². The lowest BCUT2D eigenvalue weighted by Crippen LogP contribution is -1.99. The van der Waals surface area contributed by atoms with Crippen molar-refractivity contribution in [2.45, 2.75) is 24.7 Å². The minimum atomic E-state index is -2.21. The second-order valence-electron chi connectivity index (χ2n) is 7.85. The molecule has 1 unspecified atom stereocenters. The molecule has 0 bridgehead atoms. The largest absolute Gasteiger partial charge is 0.772 e. The molecule has 0 radical (unpaired) electrons. The third kappa shape index (κ3) is 5.02. The number of hydrogen-bond donors (Lipinski definition) is 0. The van der Waals surface area contributed by atoms with Crippen molar-refractivity contribution in [2.24, 2.45) is 0 Å². The lowest BCUT2D eigenvalue weighted by atomic mass is 10.0. The Labute approximate surface area is 203 Å². The van der Waals surface area contributed by atoms with Crippen LogP contribution < -0.4 is 9.47 Å². The van der Waals surface area contributed by atoms with E-state index in [-0.39, 0.29) is 11.9 Å². The number of hydrogen-bond acceptors (Lipinski definition) is 7. The molecule has 1 saturated carbocycles. The Balaban J connectivity index is 1.34. The third-order valence-electron chi connectivity index (χ3n) is 5.23. The minimum Gasteiger partial charge on any atom is -0.772 e. The molecule has 0 saturated heterocycles. The average molecular weight is 491 g/mol. The van der Waals surface area contributed by atoms with E-state index in [2.05, 4.69) is 16.0 Å². The van der Waals surface area contributed by atoms with Crippen molar-refractivity contribution in [1.82, 2.24) is 9.97 Å². The average Bonchev–Trinajstić information content (AvgIpc) is 3.65. The van der Waals surface area contributed by atoms with Crippen LogP contribution in [0.1, 0.15) is 24.1 Å². The van der Waals surface area contributed by atoms with Crippen LogP contribution in [0.3, 0.4) is 0 Å². The van der Waals surface area contributed by atoms with E-state index >= 15 is 0 Å². The highest BCUT2D eigenvalue weighted by molar-refractivity contribution is 7.78. The first kappa shape index (κ1) is 22.3. The predicted molar refractivity (Wildman–Crippen MR) is 127 cm³/mol. The molecule has 0 spiro atoms. The van der Waals surface area contributed by atoms with Gasteiger partial charge in [-0.15, -0.1) is 0 Å². The molecule has 5 rings (SSSR count). The van der Waals surface area contributed by atoms with Crippen molar-refractivity contribution >= 4 is 33.7 Å². The van der Waals surface area contributed by atoms with E-state index in [1.165, 1.54) is 6.20 Å². The summed E-state index contributed by atoms with van der Waals surface area (Å²) in [6.45, 7) is 0. The van der Waals surface area contributed by atoms with Crippen molar-refractivity contribution < 1.29 is 18.2 Å². The van der Waals surface area contributed by atoms with Gasteiger partial charge in [-0.05, 0) is 59.3 Å². The summed E-state index contributed by atoms with van der Waals surface area (Å²) in [5.74, 6) is 1.29. The van der Waals surface area contributed by atoms with Crippen LogP contribution in [-0.4, -0.2) is 24.8 Å². The molecule has 7 nitrogen and oxygen atoms in total. The highest BCUT2D eigenvalue weighted by Crippen LogP contribution is 2.38. The van der Waals surface area contributed by atoms with E-state index in [1.54, 1.807) is 12.1 Å². The first-order chi connectivity index (χ1) is 16.5. The second kappa shape index (κ2) is 9.39. The van der Waals surface area contributed by atoms with Crippen LogP contribution in [0.15, 0.2) is 60.8 Å². The van der Waals surface area contributed by atoms with Gasteiger partial charge in [-0.3, -0.25) is 9.19 Å². The van der Waals surface area contributed by atoms with E-state index in [0.717, 1.165) is 24.0 Å². The summed E-state index contributed by atoms with van der Waals surface area (Å²) in [4.78, 5) is 8.68. The number of nitrogens with zero attached hydrogens (tertiary/aromatic N) is 3. The van der Waals surface area contributed by atoms with Crippen molar-refractivity contribution in [1.29, 1.82) is 5.26 Å². The first-order valence-corrected chi connectivity index (χ1v) is 12.1. The molecule has 0 N–H and O–H groups in total. The molecule has 34 heavy (non-hydrogen) atoms. The standard InChI is InChI=1S/C25H18ClN3O4S/c26-22-11-21(9-17(12-27)25(22)33-20-6-7-20)32-19-4-1-15(2-5-19)16-3-8-23-24(10-16)28-13-18(29-23)14-34(30)31/h1-5,8-11,13,20H,6-7,14H2,(H,30,31)/p-1. The lowest BCUT2D eigenvalue weighted by Gasteiger charge is -2.12. The molecule has 170 valence electrons. The lowest BCUT2D eigenvalue weighted by molar-refractivity contribution is 0.302. The molecule has 3 aromatic carbocycles. The topological polar surface area (TPSA) is 108 Å². The number of fused-ring (bicyclic) bond motifs is 1. The van der Waals surface area contributed by atoms with Gasteiger partial charge in [-0.25, -0.2) is 4.98 Å². The summed E-state index contributed by atoms with van der Waals surface area (Å²) in [7, 11) is 0. The van der Waals surface area contributed by atoms with Gasteiger partial charge in [0.15, 0.2) is 5.75 Å². The van der Waals surface area contributed by atoms with Crippen LogP contribution in [0.5, 0.6) is 17.2 Å². The molecule has 9 heteroatoms. The number of ether oxygens (including phenoxy) is 2. The van der Waals surface area contributed by atoms with Crippen LogP contribution in [0.2, 0.25) is 5.02 Å². The Morgan fingerprint density at radius 2 is 1.82 bits per heavy atom. The van der Waals surface area contributed by atoms with Gasteiger partial charge in [0.25, 0.3) is 0 Å². The molecule has 1 atom stereocenters. The SMILES string of the molecule is N#Cc1cc(Oc2ccc(-c3ccc4nc(CS(=O)[O-])cnc4c3)cc2)cc(Cl)c1OC1CC1. The molecule has 0 aliphatic heterocycles. The molecule has 1 heterocycles. The summed E-state index contributed by atoms with van der Waals surface area (Å²) in [6, 6.07) is 18.5. The summed E-state index contributed by atoms with van der Waals surface area (Å²) in [6.07, 6.45) is 3.55. The van der Waals surface area contributed by atoms with Gasteiger partial charge in [-0.2, -0.15) is 5.26 Å². The molecule has 1 fully saturated rings. The second-order valence-corrected chi connectivity index (χ2v) is 9.15. The number of halogens is 1. The maximum atomic E-state index is 10.9. The van der Waals surface area contributed by atoms with Gasteiger partial charge >= 0.3 is 0 Å². The number of nitriles is 1. The van der Waals surface area contributed by atoms with Crippen LogP contribution in [0, 0.1) is 11.3 Å². The fourth-order valence-corrected chi connectivity index (χ4v) is 4.09. The van der Waals surface area contributed by atoms with Gasteiger partial charge in [0, 0.05) is 12.1 Å². The van der Waals surface area contributed by atoms with Gasteiger partial charge < -0.3 is 14.0 Å². The van der Waals surface area contributed by atoms with Crippen LogP contribution >= 0.6 is 11.6 Å². The van der Waals surface area contributed by atoms with E-state index < -0.39 is 11.1 Å². The summed E-state index contributed by atoms with van der Waals surface area (Å²) in [5.41, 5.74) is 3.93. The van der Waals surface area contributed by atoms with Crippen molar-refractivity contribution in [3.63, 3.8) is 0 Å². The van der Waals surface area contributed by atoms with E-state index in [0.29, 0.717) is 44.6 Å². The van der Waals surface area contributed by atoms with Crippen molar-refractivity contribution in [3.05, 3.63) is 77.1 Å². The first-order valence-electron chi connectivity index (χ1n) is 10.5. The van der Waals surface area contributed by atoms with Crippen molar-refractivity contribution in [3.8, 4) is 34.4 Å². The number of rotatable bonds is 7. The molecule has 1 aliphatic carbocycles. The summed E-state index contributed by atoms with van der Waals surface area (Å²) >= 11 is 4.13. The van der Waals surface area contributed by atoms with Gasteiger partial charge in [0.1, 0.15) is 17.6 Å². The van der Waals surface area contributed by atoms with Gasteiger partial charge in [-0.1, -0.05) is 29.8 Å². The third-order valence-corrected chi connectivity index (χ3v) is 6.04. The zero-order valence-corrected chi connectivity index (χ0v) is 19.3. The fourth-order valence-electron chi connectivity index (χ4n) is 3.45. The zero-order chi connectivity index (χ0) is 23.7. The van der Waals surface area contributed by atoms with Crippen LogP contribution in [0.25, 0.3) is 22.2 Å². The molecule has 1 aliphatic rings. The molecule has 1 aromatic heterocycles. The summed E-state index contributed by atoms with van der Waals surface area (Å²) in [5, 5.41) is 9.82. The normalized spacial score (nSPS) is 13.9. The Morgan fingerprint density at radius 1 is 1.06 bits per heavy atom. The Hall–Kier alpha value is -3.51. The Morgan fingerprint density at radius 3 is 2.53 bits per heavy atom. The minimum absolute atomic E-state index is 0.135. The van der Waals surface area contributed by atoms with Gasteiger partial charge in [0.05, 0.1) is 45.4 Å². The van der Waals surface area contributed by atoms with Crippen LogP contribution in [0.4, 0.5) is 0 Å². The predicted octanol–water partition coefficient (Wildman–Crippen LogP) is 5.53. The number of aromatic nitrogens is 2. The number of benzene rings is 3. The smallest absolute Gasteiger partial charge is 0.156 e. The molecule has 0 amide bonds. The maximum absolute atomic E-state index is 10.9. The van der Waals surface area contributed by atoms with E-state index in [1.807, 2.05) is 42.5 Å². The Bertz CT molecular complexity index is 1450. The summed E-state index contributed by atoms with van der Waals surface area (Å²) < 4.78 is 33.4. The maximum Gasteiger partial charge on any atom is 0.156 e. The van der Waals surface area contributed by atoms with E-state index in [4.69, 9.17) is 21.1 Å². The van der Waals surface area contributed by atoms with Crippen molar-refractivity contribution in [2.75, 3.05) is 0 Å². The quantitative estimate of drug-likeness (QED) is 0.313. The molecule has 4 aromatic rings. The highest BCUT2D eigenvalue weighted by Gasteiger charge is 2.26. The Kier molecular flexibility index (Phi) is 6.16. The fraction of sp³-hybridized carbons (Fsp3) is 0.160. The molecular formula is C25H17ClN3O4S-. The molecular weight excluding hydrogens is 474 g/mol.